The smallest absolute Gasteiger partial charge is 0.131 e. The van der Waals surface area contributed by atoms with Gasteiger partial charge in [-0.1, -0.05) is 36.2 Å². The lowest BCUT2D eigenvalue weighted by Crippen LogP contribution is -2.54. The fourth-order valence-electron chi connectivity index (χ4n) is 2.69. The zero-order valence-electron chi connectivity index (χ0n) is 13.8. The Kier molecular flexibility index (Phi) is 5.81. The van der Waals surface area contributed by atoms with E-state index in [9.17, 15) is 4.39 Å². The molecule has 0 saturated carbocycles. The van der Waals surface area contributed by atoms with E-state index in [1.54, 1.807) is 30.1 Å². The van der Waals surface area contributed by atoms with Crippen molar-refractivity contribution in [3.05, 3.63) is 57.8 Å². The minimum Gasteiger partial charge on any atom is -0.493 e. The van der Waals surface area contributed by atoms with Crippen molar-refractivity contribution in [1.82, 2.24) is 4.31 Å². The molecule has 3 nitrogen and oxygen atoms in total. The third-order valence-corrected chi connectivity index (χ3v) is 5.80. The van der Waals surface area contributed by atoms with Crippen LogP contribution in [-0.2, 0) is 6.54 Å². The second-order valence-corrected chi connectivity index (χ2v) is 8.50. The van der Waals surface area contributed by atoms with Crippen molar-refractivity contribution in [2.24, 2.45) is 11.1 Å². The maximum absolute atomic E-state index is 13.7. The molecule has 0 amide bonds. The first-order valence-corrected chi connectivity index (χ1v) is 9.41. The Morgan fingerprint density at radius 1 is 1.24 bits per heavy atom. The highest BCUT2D eigenvalue weighted by Crippen LogP contribution is 2.41. The SMILES string of the molecule is CC1(COc2ccc(CN)c(F)c2)CN(Sc2ccc(Cl)cc2Cl)C1. The highest BCUT2D eigenvalue weighted by atomic mass is 35.5. The lowest BCUT2D eigenvalue weighted by molar-refractivity contribution is 0.0428. The normalized spacial score (nSPS) is 16.5. The summed E-state index contributed by atoms with van der Waals surface area (Å²) in [4.78, 5) is 0.980. The standard InChI is InChI=1S/C18H19Cl2FN2OS/c1-18(11-24-14-4-2-12(8-22)16(21)7-14)9-23(10-18)25-17-5-3-13(19)6-15(17)20/h2-7H,8-11,22H2,1H3. The molecule has 1 aliphatic heterocycles. The monoisotopic (exact) mass is 400 g/mol. The highest BCUT2D eigenvalue weighted by Gasteiger charge is 2.40. The molecular formula is C18H19Cl2FN2OS. The van der Waals surface area contributed by atoms with Crippen LogP contribution in [0.2, 0.25) is 10.0 Å². The molecule has 0 unspecified atom stereocenters. The predicted octanol–water partition coefficient (Wildman–Crippen LogP) is 5.00. The predicted molar refractivity (Wildman–Crippen MR) is 102 cm³/mol. The van der Waals surface area contributed by atoms with Gasteiger partial charge in [0, 0.05) is 46.6 Å². The molecule has 134 valence electrons. The number of rotatable bonds is 6. The van der Waals surface area contributed by atoms with Crippen molar-refractivity contribution in [1.29, 1.82) is 0 Å². The molecule has 0 aliphatic carbocycles. The summed E-state index contributed by atoms with van der Waals surface area (Å²) in [7, 11) is 0. The van der Waals surface area contributed by atoms with E-state index >= 15 is 0 Å². The first-order chi connectivity index (χ1) is 11.9. The summed E-state index contributed by atoms with van der Waals surface area (Å²) < 4.78 is 21.7. The molecule has 2 aromatic carbocycles. The minimum atomic E-state index is -0.326. The lowest BCUT2D eigenvalue weighted by atomic mass is 9.85. The van der Waals surface area contributed by atoms with Crippen molar-refractivity contribution in [3.63, 3.8) is 0 Å². The molecule has 0 bridgehead atoms. The van der Waals surface area contributed by atoms with Gasteiger partial charge < -0.3 is 10.5 Å². The minimum absolute atomic E-state index is 0.0227. The van der Waals surface area contributed by atoms with Crippen molar-refractivity contribution in [2.45, 2.75) is 18.4 Å². The topological polar surface area (TPSA) is 38.5 Å². The second-order valence-electron chi connectivity index (χ2n) is 6.52. The zero-order chi connectivity index (χ0) is 18.0. The van der Waals surface area contributed by atoms with E-state index in [0.717, 1.165) is 18.0 Å². The Morgan fingerprint density at radius 3 is 2.64 bits per heavy atom. The van der Waals surface area contributed by atoms with Gasteiger partial charge in [0.25, 0.3) is 0 Å². The van der Waals surface area contributed by atoms with Crippen LogP contribution in [0.5, 0.6) is 5.75 Å². The first kappa shape index (κ1) is 18.8. The van der Waals surface area contributed by atoms with Crippen LogP contribution in [0.1, 0.15) is 12.5 Å². The number of nitrogens with two attached hydrogens (primary N) is 1. The summed E-state index contributed by atoms with van der Waals surface area (Å²) in [5.41, 5.74) is 5.98. The fraction of sp³-hybridized carbons (Fsp3) is 0.333. The Balaban J connectivity index is 1.51. The summed E-state index contributed by atoms with van der Waals surface area (Å²) in [5.74, 6) is 0.205. The molecule has 1 fully saturated rings. The molecular weight excluding hydrogens is 382 g/mol. The largest absolute Gasteiger partial charge is 0.493 e. The van der Waals surface area contributed by atoms with Gasteiger partial charge in [-0.05, 0) is 36.2 Å². The van der Waals surface area contributed by atoms with Gasteiger partial charge in [-0.3, -0.25) is 0 Å². The maximum Gasteiger partial charge on any atom is 0.131 e. The molecule has 2 N–H and O–H groups in total. The van der Waals surface area contributed by atoms with Gasteiger partial charge in [-0.2, -0.15) is 0 Å². The quantitative estimate of drug-likeness (QED) is 0.692. The molecule has 1 heterocycles. The van der Waals surface area contributed by atoms with Gasteiger partial charge in [0.05, 0.1) is 11.6 Å². The van der Waals surface area contributed by atoms with Crippen LogP contribution in [0.4, 0.5) is 4.39 Å². The maximum atomic E-state index is 13.7. The van der Waals surface area contributed by atoms with Crippen molar-refractivity contribution < 1.29 is 9.13 Å². The van der Waals surface area contributed by atoms with Crippen LogP contribution in [0.25, 0.3) is 0 Å². The average molecular weight is 401 g/mol. The number of halogens is 3. The third-order valence-electron chi connectivity index (χ3n) is 4.07. The molecule has 0 radical (unpaired) electrons. The Labute approximate surface area is 161 Å². The summed E-state index contributed by atoms with van der Waals surface area (Å²) in [5, 5.41) is 1.28. The van der Waals surface area contributed by atoms with E-state index in [2.05, 4.69) is 11.2 Å². The van der Waals surface area contributed by atoms with Gasteiger partial charge in [-0.25, -0.2) is 8.70 Å². The molecule has 3 rings (SSSR count). The molecule has 7 heteroatoms. The average Bonchev–Trinajstić information content (AvgIpc) is 2.54. The number of ether oxygens (including phenoxy) is 1. The van der Waals surface area contributed by atoms with Crippen LogP contribution in [0.15, 0.2) is 41.3 Å². The van der Waals surface area contributed by atoms with E-state index in [1.165, 1.54) is 6.07 Å². The summed E-state index contributed by atoms with van der Waals surface area (Å²) in [6, 6.07) is 10.3. The molecule has 1 aliphatic rings. The van der Waals surface area contributed by atoms with E-state index in [-0.39, 0.29) is 17.8 Å². The van der Waals surface area contributed by atoms with Crippen LogP contribution in [0.3, 0.4) is 0 Å². The molecule has 0 spiro atoms. The second kappa shape index (κ2) is 7.72. The molecule has 2 aromatic rings. The number of hydrogen-bond donors (Lipinski definition) is 1. The van der Waals surface area contributed by atoms with Gasteiger partial charge in [0.15, 0.2) is 0 Å². The summed E-state index contributed by atoms with van der Waals surface area (Å²) in [6.45, 7) is 4.58. The zero-order valence-corrected chi connectivity index (χ0v) is 16.1. The summed E-state index contributed by atoms with van der Waals surface area (Å²) in [6.07, 6.45) is 0. The van der Waals surface area contributed by atoms with Gasteiger partial charge in [-0.15, -0.1) is 0 Å². The molecule has 1 saturated heterocycles. The van der Waals surface area contributed by atoms with E-state index in [0.29, 0.717) is 28.0 Å². The fourth-order valence-corrected chi connectivity index (χ4v) is 4.51. The Bertz CT molecular complexity index is 769. The van der Waals surface area contributed by atoms with Crippen molar-refractivity contribution in [3.8, 4) is 5.75 Å². The van der Waals surface area contributed by atoms with Gasteiger partial charge >= 0.3 is 0 Å². The van der Waals surface area contributed by atoms with Gasteiger partial charge in [0.2, 0.25) is 0 Å². The Hall–Kier alpha value is -0.980. The van der Waals surface area contributed by atoms with Crippen LogP contribution >= 0.6 is 35.1 Å². The molecule has 0 atom stereocenters. The van der Waals surface area contributed by atoms with Crippen molar-refractivity contribution >= 4 is 35.1 Å². The van der Waals surface area contributed by atoms with Crippen LogP contribution in [0, 0.1) is 11.2 Å². The first-order valence-electron chi connectivity index (χ1n) is 7.88. The van der Waals surface area contributed by atoms with Crippen LogP contribution in [-0.4, -0.2) is 24.0 Å². The lowest BCUT2D eigenvalue weighted by Gasteiger charge is -2.46. The molecule has 0 aromatic heterocycles. The summed E-state index contributed by atoms with van der Waals surface area (Å²) >= 11 is 13.7. The van der Waals surface area contributed by atoms with E-state index < -0.39 is 0 Å². The number of benzene rings is 2. The van der Waals surface area contributed by atoms with Crippen molar-refractivity contribution in [2.75, 3.05) is 19.7 Å². The van der Waals surface area contributed by atoms with Crippen LogP contribution < -0.4 is 10.5 Å². The van der Waals surface area contributed by atoms with Gasteiger partial charge in [0.1, 0.15) is 11.6 Å². The van der Waals surface area contributed by atoms with E-state index in [1.807, 2.05) is 12.1 Å². The van der Waals surface area contributed by atoms with E-state index in [4.69, 9.17) is 33.7 Å². The number of hydrogen-bond acceptors (Lipinski definition) is 4. The Morgan fingerprint density at radius 2 is 2.00 bits per heavy atom. The number of nitrogens with zero attached hydrogens (tertiary/aromatic N) is 1. The third kappa shape index (κ3) is 4.60. The highest BCUT2D eigenvalue weighted by molar-refractivity contribution is 7.97. The molecule has 25 heavy (non-hydrogen) atoms.